The molecule has 1 N–H and O–H groups in total. The van der Waals surface area contributed by atoms with Gasteiger partial charge in [0.1, 0.15) is 22.8 Å². The summed E-state index contributed by atoms with van der Waals surface area (Å²) in [7, 11) is 0. The Balaban J connectivity index is 1.45. The first kappa shape index (κ1) is 20.8. The number of rotatable bonds is 6. The number of likely N-dealkylation sites (tertiary alicyclic amines) is 1. The topological polar surface area (TPSA) is 53.0 Å². The van der Waals surface area contributed by atoms with Crippen molar-refractivity contribution in [3.63, 3.8) is 0 Å². The van der Waals surface area contributed by atoms with E-state index in [9.17, 15) is 14.3 Å². The first-order valence-electron chi connectivity index (χ1n) is 10.5. The van der Waals surface area contributed by atoms with Crippen LogP contribution >= 0.6 is 11.6 Å². The van der Waals surface area contributed by atoms with Crippen molar-refractivity contribution in [2.24, 2.45) is 5.92 Å². The van der Waals surface area contributed by atoms with Crippen LogP contribution in [0.5, 0.6) is 0 Å². The van der Waals surface area contributed by atoms with Gasteiger partial charge in [0.25, 0.3) is 0 Å². The monoisotopic (exact) mass is 452 g/mol. The molecule has 0 spiro atoms. The van der Waals surface area contributed by atoms with Gasteiger partial charge in [-0.1, -0.05) is 54.1 Å². The summed E-state index contributed by atoms with van der Waals surface area (Å²) in [6, 6.07) is 16.1. The van der Waals surface area contributed by atoms with Crippen LogP contribution in [0.15, 0.2) is 89.4 Å². The molecule has 2 aromatic carbocycles. The van der Waals surface area contributed by atoms with Crippen LogP contribution in [0.1, 0.15) is 17.2 Å². The molecule has 0 saturated carbocycles. The lowest BCUT2D eigenvalue weighted by atomic mass is 9.91. The number of fused-ring (bicyclic) bond motifs is 1. The molecular formula is C25H22ClFN2O3. The van der Waals surface area contributed by atoms with Crippen molar-refractivity contribution < 1.29 is 19.0 Å². The largest absolute Gasteiger partial charge is 0.482 e. The van der Waals surface area contributed by atoms with Crippen molar-refractivity contribution in [2.75, 3.05) is 13.1 Å². The first-order chi connectivity index (χ1) is 15.5. The van der Waals surface area contributed by atoms with Gasteiger partial charge >= 0.3 is 5.97 Å². The molecular weight excluding hydrogens is 431 g/mol. The first-order valence-corrected chi connectivity index (χ1v) is 10.9. The second-order valence-corrected chi connectivity index (χ2v) is 8.60. The van der Waals surface area contributed by atoms with Crippen LogP contribution in [0.2, 0.25) is 0 Å². The van der Waals surface area contributed by atoms with Gasteiger partial charge in [0.05, 0.1) is 17.7 Å². The summed E-state index contributed by atoms with van der Waals surface area (Å²) < 4.78 is 20.3. The van der Waals surface area contributed by atoms with Gasteiger partial charge in [-0.2, -0.15) is 0 Å². The molecule has 3 aliphatic rings. The smallest absolute Gasteiger partial charge is 0.309 e. The molecule has 32 heavy (non-hydrogen) atoms. The maximum Gasteiger partial charge on any atom is 0.309 e. The number of nitrogens with zero attached hydrogens (tertiary/aromatic N) is 2. The molecule has 0 bridgehead atoms. The molecule has 0 amide bonds. The van der Waals surface area contributed by atoms with Crippen LogP contribution in [-0.4, -0.2) is 40.1 Å². The van der Waals surface area contributed by atoms with Crippen molar-refractivity contribution in [3.05, 3.63) is 106 Å². The Labute approximate surface area is 190 Å². The number of allylic oxidation sites excluding steroid dienone is 2. The van der Waals surface area contributed by atoms with Crippen molar-refractivity contribution in [1.82, 2.24) is 9.80 Å². The second kappa shape index (κ2) is 8.45. The summed E-state index contributed by atoms with van der Waals surface area (Å²) in [5.74, 6) is -0.869. The van der Waals surface area contributed by atoms with Gasteiger partial charge in [0, 0.05) is 19.6 Å². The quantitative estimate of drug-likeness (QED) is 0.647. The van der Waals surface area contributed by atoms with Gasteiger partial charge < -0.3 is 14.7 Å². The molecule has 5 nitrogen and oxygen atoms in total. The van der Waals surface area contributed by atoms with Crippen LogP contribution in [0.4, 0.5) is 4.39 Å². The fraction of sp³-hybridized carbons (Fsp3) is 0.240. The van der Waals surface area contributed by atoms with Gasteiger partial charge in [-0.05, 0) is 41.5 Å². The highest BCUT2D eigenvalue weighted by Gasteiger charge is 2.43. The highest BCUT2D eigenvalue weighted by molar-refractivity contribution is 6.29. The Hall–Kier alpha value is -3.09. The average molecular weight is 453 g/mol. The zero-order valence-electron chi connectivity index (χ0n) is 17.2. The zero-order chi connectivity index (χ0) is 22.2. The molecule has 164 valence electrons. The Morgan fingerprint density at radius 2 is 1.94 bits per heavy atom. The van der Waals surface area contributed by atoms with E-state index in [0.717, 1.165) is 16.8 Å². The number of ether oxygens (including phenoxy) is 1. The van der Waals surface area contributed by atoms with E-state index in [0.29, 0.717) is 30.5 Å². The molecule has 7 heteroatoms. The fourth-order valence-electron chi connectivity index (χ4n) is 4.45. The summed E-state index contributed by atoms with van der Waals surface area (Å²) in [6.07, 6.45) is 5.25. The van der Waals surface area contributed by atoms with Gasteiger partial charge in [0.15, 0.2) is 0 Å². The van der Waals surface area contributed by atoms with E-state index in [1.807, 2.05) is 58.4 Å². The lowest BCUT2D eigenvalue weighted by molar-refractivity contribution is -0.150. The molecule has 0 aliphatic carbocycles. The SMILES string of the molecule is O=C(O)C1CN(C(c2cccc(F)c2)C2C=C3C(=CC=C(Cl)N3Cc3ccccc3)O2)C1. The Kier molecular flexibility index (Phi) is 5.49. The van der Waals surface area contributed by atoms with Gasteiger partial charge in [-0.3, -0.25) is 9.69 Å². The summed E-state index contributed by atoms with van der Waals surface area (Å²) in [6.45, 7) is 1.38. The van der Waals surface area contributed by atoms with Gasteiger partial charge in [-0.25, -0.2) is 4.39 Å². The molecule has 3 heterocycles. The molecule has 2 atom stereocenters. The lowest BCUT2D eigenvalue weighted by Gasteiger charge is -2.44. The number of hydrogen-bond acceptors (Lipinski definition) is 4. The molecule has 3 aliphatic heterocycles. The number of carbonyl (C=O) groups is 1. The van der Waals surface area contributed by atoms with Crippen molar-refractivity contribution in [2.45, 2.75) is 18.7 Å². The van der Waals surface area contributed by atoms with E-state index < -0.39 is 18.0 Å². The summed E-state index contributed by atoms with van der Waals surface area (Å²) in [5, 5.41) is 9.91. The normalized spacial score (nSPS) is 21.6. The maximum atomic E-state index is 14.0. The summed E-state index contributed by atoms with van der Waals surface area (Å²) in [5.41, 5.74) is 2.73. The third-order valence-electron chi connectivity index (χ3n) is 6.10. The Bertz CT molecular complexity index is 1130. The van der Waals surface area contributed by atoms with E-state index in [1.165, 1.54) is 12.1 Å². The molecule has 2 aromatic rings. The standard InChI is InChI=1S/C25H22ClFN2O3/c26-23-10-9-21-20(29(23)13-16-5-2-1-3-6-16)12-22(32-21)24(17-7-4-8-19(27)11-17)28-14-18(15-28)25(30)31/h1-12,18,22,24H,13-15H2,(H,30,31). The Morgan fingerprint density at radius 1 is 1.16 bits per heavy atom. The predicted molar refractivity (Wildman–Crippen MR) is 119 cm³/mol. The average Bonchev–Trinajstić information content (AvgIpc) is 3.17. The van der Waals surface area contributed by atoms with E-state index in [-0.39, 0.29) is 11.9 Å². The molecule has 0 aromatic heterocycles. The van der Waals surface area contributed by atoms with Crippen LogP contribution in [0.25, 0.3) is 0 Å². The van der Waals surface area contributed by atoms with Crippen LogP contribution in [0.3, 0.4) is 0 Å². The number of carboxylic acid groups (broad SMARTS) is 1. The van der Waals surface area contributed by atoms with Crippen molar-refractivity contribution in [1.29, 1.82) is 0 Å². The number of aliphatic carboxylic acids is 1. The molecule has 1 saturated heterocycles. The molecule has 5 rings (SSSR count). The van der Waals surface area contributed by atoms with Crippen LogP contribution in [-0.2, 0) is 16.1 Å². The third kappa shape index (κ3) is 3.92. The third-order valence-corrected chi connectivity index (χ3v) is 6.43. The minimum Gasteiger partial charge on any atom is -0.482 e. The summed E-state index contributed by atoms with van der Waals surface area (Å²) >= 11 is 6.54. The van der Waals surface area contributed by atoms with Crippen molar-refractivity contribution in [3.8, 4) is 0 Å². The van der Waals surface area contributed by atoms with Crippen LogP contribution in [0, 0.1) is 11.7 Å². The molecule has 1 fully saturated rings. The Morgan fingerprint density at radius 3 is 2.66 bits per heavy atom. The zero-order valence-corrected chi connectivity index (χ0v) is 18.0. The molecule has 0 radical (unpaired) electrons. The number of benzene rings is 2. The summed E-state index contributed by atoms with van der Waals surface area (Å²) in [4.78, 5) is 15.4. The van der Waals surface area contributed by atoms with Gasteiger partial charge in [0.2, 0.25) is 0 Å². The number of carboxylic acids is 1. The number of hydrogen-bond donors (Lipinski definition) is 1. The van der Waals surface area contributed by atoms with Crippen LogP contribution < -0.4 is 0 Å². The van der Waals surface area contributed by atoms with Crippen molar-refractivity contribution >= 4 is 17.6 Å². The minimum absolute atomic E-state index is 0.308. The van der Waals surface area contributed by atoms with E-state index >= 15 is 0 Å². The predicted octanol–water partition coefficient (Wildman–Crippen LogP) is 4.65. The highest BCUT2D eigenvalue weighted by atomic mass is 35.5. The van der Waals surface area contributed by atoms with E-state index in [4.69, 9.17) is 16.3 Å². The van der Waals surface area contributed by atoms with E-state index in [1.54, 1.807) is 12.1 Å². The molecule has 2 unspecified atom stereocenters. The minimum atomic E-state index is -0.814. The fourth-order valence-corrected chi connectivity index (χ4v) is 4.67. The maximum absolute atomic E-state index is 14.0. The number of halogens is 2. The van der Waals surface area contributed by atoms with Gasteiger partial charge in [-0.15, -0.1) is 0 Å². The highest BCUT2D eigenvalue weighted by Crippen LogP contribution is 2.42. The second-order valence-electron chi connectivity index (χ2n) is 8.22. The lowest BCUT2D eigenvalue weighted by Crippen LogP contribution is -2.54. The van der Waals surface area contributed by atoms with E-state index in [2.05, 4.69) is 0 Å².